The van der Waals surface area contributed by atoms with Crippen LogP contribution in [0.3, 0.4) is 0 Å². The second-order valence-corrected chi connectivity index (χ2v) is 3.74. The van der Waals surface area contributed by atoms with Gasteiger partial charge in [-0.25, -0.2) is 4.98 Å². The number of aromatic nitrogens is 1. The molecule has 1 aromatic carbocycles. The molecule has 3 N–H and O–H groups in total. The Labute approximate surface area is 99.7 Å². The summed E-state index contributed by atoms with van der Waals surface area (Å²) >= 11 is 0. The molecule has 0 aliphatic rings. The maximum atomic E-state index is 8.87. The van der Waals surface area contributed by atoms with Gasteiger partial charge in [-0.3, -0.25) is 0 Å². The Morgan fingerprint density at radius 1 is 1.29 bits per heavy atom. The first kappa shape index (κ1) is 11.0. The molecular formula is C13H12N4. The maximum absolute atomic E-state index is 8.87. The van der Waals surface area contributed by atoms with Gasteiger partial charge in [0.25, 0.3) is 0 Å². The topological polar surface area (TPSA) is 74.7 Å². The van der Waals surface area contributed by atoms with Crippen molar-refractivity contribution in [3.8, 4) is 6.07 Å². The van der Waals surface area contributed by atoms with Crippen molar-refractivity contribution >= 4 is 17.2 Å². The van der Waals surface area contributed by atoms with E-state index in [1.54, 1.807) is 12.1 Å². The van der Waals surface area contributed by atoms with Crippen LogP contribution in [0.25, 0.3) is 0 Å². The van der Waals surface area contributed by atoms with E-state index in [1.165, 1.54) is 0 Å². The molecule has 0 aliphatic carbocycles. The van der Waals surface area contributed by atoms with Crippen LogP contribution in [-0.2, 0) is 0 Å². The number of nitrogen functional groups attached to an aromatic ring is 1. The van der Waals surface area contributed by atoms with Gasteiger partial charge in [0.2, 0.25) is 0 Å². The molecule has 1 aromatic heterocycles. The highest BCUT2D eigenvalue weighted by molar-refractivity contribution is 5.62. The number of nitrogens with two attached hydrogens (primary N) is 1. The first-order valence-electron chi connectivity index (χ1n) is 5.19. The average Bonchev–Trinajstić information content (AvgIpc) is 2.28. The molecule has 2 rings (SSSR count). The summed E-state index contributed by atoms with van der Waals surface area (Å²) < 4.78 is 0. The molecule has 0 saturated heterocycles. The number of rotatable bonds is 2. The van der Waals surface area contributed by atoms with Gasteiger partial charge in [0.15, 0.2) is 0 Å². The fourth-order valence-electron chi connectivity index (χ4n) is 1.56. The van der Waals surface area contributed by atoms with Crippen molar-refractivity contribution in [3.63, 3.8) is 0 Å². The third-order valence-electron chi connectivity index (χ3n) is 2.24. The molecule has 0 saturated carbocycles. The van der Waals surface area contributed by atoms with Gasteiger partial charge in [0.05, 0.1) is 11.6 Å². The van der Waals surface area contributed by atoms with Crippen LogP contribution in [0.2, 0.25) is 0 Å². The summed E-state index contributed by atoms with van der Waals surface area (Å²) in [7, 11) is 0. The van der Waals surface area contributed by atoms with Gasteiger partial charge in [0, 0.05) is 17.1 Å². The second-order valence-electron chi connectivity index (χ2n) is 3.74. The predicted molar refractivity (Wildman–Crippen MR) is 67.8 cm³/mol. The molecule has 0 aliphatic heterocycles. The monoisotopic (exact) mass is 224 g/mol. The van der Waals surface area contributed by atoms with E-state index >= 15 is 0 Å². The van der Waals surface area contributed by atoms with Crippen molar-refractivity contribution in [1.82, 2.24) is 4.98 Å². The number of nitrogens with zero attached hydrogens (tertiary/aromatic N) is 2. The first-order valence-corrected chi connectivity index (χ1v) is 5.19. The maximum Gasteiger partial charge on any atom is 0.131 e. The van der Waals surface area contributed by atoms with Gasteiger partial charge in [0.1, 0.15) is 5.82 Å². The molecule has 0 radical (unpaired) electrons. The highest BCUT2D eigenvalue weighted by Gasteiger charge is 2.00. The number of pyridine rings is 1. The Bertz CT molecular complexity index is 584. The lowest BCUT2D eigenvalue weighted by Gasteiger charge is -2.07. The summed E-state index contributed by atoms with van der Waals surface area (Å²) in [5, 5.41) is 12.0. The zero-order valence-corrected chi connectivity index (χ0v) is 9.44. The lowest BCUT2D eigenvalue weighted by atomic mass is 10.2. The highest BCUT2D eigenvalue weighted by Crippen LogP contribution is 2.18. The normalized spacial score (nSPS) is 9.65. The number of nitrogens with one attached hydrogen (secondary N) is 1. The SMILES string of the molecule is Cc1cc(C#N)cc(Nc2cccc(N)c2)n1. The number of anilines is 3. The van der Waals surface area contributed by atoms with Crippen LogP contribution in [0.1, 0.15) is 11.3 Å². The Morgan fingerprint density at radius 2 is 2.12 bits per heavy atom. The van der Waals surface area contributed by atoms with Crippen molar-refractivity contribution < 1.29 is 0 Å². The fourth-order valence-corrected chi connectivity index (χ4v) is 1.56. The summed E-state index contributed by atoms with van der Waals surface area (Å²) in [6.45, 7) is 1.85. The lowest BCUT2D eigenvalue weighted by molar-refractivity contribution is 1.19. The minimum absolute atomic E-state index is 0.587. The standard InChI is InChI=1S/C13H12N4/c1-9-5-10(8-14)6-13(16-9)17-12-4-2-3-11(15)7-12/h2-7H,15H2,1H3,(H,16,17). The Kier molecular flexibility index (Phi) is 2.93. The summed E-state index contributed by atoms with van der Waals surface area (Å²) in [6.07, 6.45) is 0. The molecule has 0 amide bonds. The van der Waals surface area contributed by atoms with Crippen molar-refractivity contribution in [3.05, 3.63) is 47.7 Å². The number of hydrogen-bond acceptors (Lipinski definition) is 4. The fraction of sp³-hybridized carbons (Fsp3) is 0.0769. The van der Waals surface area contributed by atoms with E-state index < -0.39 is 0 Å². The summed E-state index contributed by atoms with van der Waals surface area (Å²) in [5.41, 5.74) is 8.61. The number of hydrogen-bond donors (Lipinski definition) is 2. The summed E-state index contributed by atoms with van der Waals surface area (Å²) in [6, 6.07) is 12.9. The number of benzene rings is 1. The number of aryl methyl sites for hydroxylation is 1. The Hall–Kier alpha value is -2.54. The molecule has 0 atom stereocenters. The van der Waals surface area contributed by atoms with E-state index in [-0.39, 0.29) is 0 Å². The third-order valence-corrected chi connectivity index (χ3v) is 2.24. The Morgan fingerprint density at radius 3 is 2.82 bits per heavy atom. The van der Waals surface area contributed by atoms with E-state index in [0.717, 1.165) is 11.4 Å². The summed E-state index contributed by atoms with van der Waals surface area (Å²) in [5.74, 6) is 0.646. The molecule has 0 spiro atoms. The van der Waals surface area contributed by atoms with Gasteiger partial charge in [-0.15, -0.1) is 0 Å². The molecular weight excluding hydrogens is 212 g/mol. The van der Waals surface area contributed by atoms with E-state index in [2.05, 4.69) is 16.4 Å². The molecule has 84 valence electrons. The van der Waals surface area contributed by atoms with E-state index in [1.807, 2.05) is 31.2 Å². The molecule has 17 heavy (non-hydrogen) atoms. The van der Waals surface area contributed by atoms with Crippen molar-refractivity contribution in [1.29, 1.82) is 5.26 Å². The molecule has 1 heterocycles. The molecule has 0 fully saturated rings. The van der Waals surface area contributed by atoms with Crippen LogP contribution in [0.5, 0.6) is 0 Å². The van der Waals surface area contributed by atoms with Crippen molar-refractivity contribution in [2.45, 2.75) is 6.92 Å². The van der Waals surface area contributed by atoms with Crippen LogP contribution in [0.4, 0.5) is 17.2 Å². The molecule has 0 bridgehead atoms. The van der Waals surface area contributed by atoms with Crippen LogP contribution >= 0.6 is 0 Å². The lowest BCUT2D eigenvalue weighted by Crippen LogP contribution is -1.96. The summed E-state index contributed by atoms with van der Waals surface area (Å²) in [4.78, 5) is 4.30. The second kappa shape index (κ2) is 4.54. The van der Waals surface area contributed by atoms with Gasteiger partial charge < -0.3 is 11.1 Å². The zero-order valence-electron chi connectivity index (χ0n) is 9.44. The first-order chi connectivity index (χ1) is 8.17. The molecule has 4 heteroatoms. The van der Waals surface area contributed by atoms with E-state index in [0.29, 0.717) is 17.1 Å². The van der Waals surface area contributed by atoms with Gasteiger partial charge in [-0.1, -0.05) is 6.07 Å². The van der Waals surface area contributed by atoms with Crippen LogP contribution < -0.4 is 11.1 Å². The van der Waals surface area contributed by atoms with Crippen LogP contribution in [-0.4, -0.2) is 4.98 Å². The zero-order chi connectivity index (χ0) is 12.3. The quantitative estimate of drug-likeness (QED) is 0.769. The van der Waals surface area contributed by atoms with E-state index in [9.17, 15) is 0 Å². The average molecular weight is 224 g/mol. The highest BCUT2D eigenvalue weighted by atomic mass is 15.0. The van der Waals surface area contributed by atoms with Crippen LogP contribution in [0.15, 0.2) is 36.4 Å². The third kappa shape index (κ3) is 2.73. The number of nitriles is 1. The van der Waals surface area contributed by atoms with Gasteiger partial charge >= 0.3 is 0 Å². The van der Waals surface area contributed by atoms with Crippen molar-refractivity contribution in [2.75, 3.05) is 11.1 Å². The Balaban J connectivity index is 2.30. The minimum atomic E-state index is 0.587. The molecule has 4 nitrogen and oxygen atoms in total. The molecule has 0 unspecified atom stereocenters. The smallest absolute Gasteiger partial charge is 0.131 e. The van der Waals surface area contributed by atoms with Crippen LogP contribution in [0, 0.1) is 18.3 Å². The largest absolute Gasteiger partial charge is 0.399 e. The van der Waals surface area contributed by atoms with Gasteiger partial charge in [-0.2, -0.15) is 5.26 Å². The van der Waals surface area contributed by atoms with Gasteiger partial charge in [-0.05, 0) is 37.3 Å². The van der Waals surface area contributed by atoms with E-state index in [4.69, 9.17) is 11.0 Å². The minimum Gasteiger partial charge on any atom is -0.399 e. The molecule has 2 aromatic rings. The van der Waals surface area contributed by atoms with Crippen molar-refractivity contribution in [2.24, 2.45) is 0 Å². The predicted octanol–water partition coefficient (Wildman–Crippen LogP) is 2.59.